The van der Waals surface area contributed by atoms with Gasteiger partial charge in [-0.1, -0.05) is 53.2 Å². The number of aryl methyl sites for hydroxylation is 2. The minimum absolute atomic E-state index is 0.118. The number of nitrogens with zero attached hydrogens (tertiary/aromatic N) is 3. The highest BCUT2D eigenvalue weighted by atomic mass is 16.5. The highest BCUT2D eigenvalue weighted by Gasteiger charge is 2.15. The zero-order chi connectivity index (χ0) is 19.5. The molecule has 28 heavy (non-hydrogen) atoms. The lowest BCUT2D eigenvalue weighted by Gasteiger charge is -2.10. The zero-order valence-corrected chi connectivity index (χ0v) is 15.7. The van der Waals surface area contributed by atoms with E-state index >= 15 is 0 Å². The van der Waals surface area contributed by atoms with Gasteiger partial charge in [0.05, 0.1) is 0 Å². The van der Waals surface area contributed by atoms with E-state index in [1.165, 1.54) is 0 Å². The molecule has 0 saturated heterocycles. The number of rotatable bonds is 5. The number of aromatic nitrogens is 3. The largest absolute Gasteiger partial charge is 0.334 e. The van der Waals surface area contributed by atoms with E-state index in [-0.39, 0.29) is 12.5 Å². The van der Waals surface area contributed by atoms with Crippen LogP contribution in [0.3, 0.4) is 0 Å². The Bertz CT molecular complexity index is 1110. The fourth-order valence-corrected chi connectivity index (χ4v) is 3.08. The number of benzene rings is 2. The number of amides is 1. The summed E-state index contributed by atoms with van der Waals surface area (Å²) >= 11 is 0. The van der Waals surface area contributed by atoms with Crippen molar-refractivity contribution in [3.63, 3.8) is 0 Å². The fourth-order valence-electron chi connectivity index (χ4n) is 3.08. The Morgan fingerprint density at radius 3 is 2.68 bits per heavy atom. The summed E-state index contributed by atoms with van der Waals surface area (Å²) in [6, 6.07) is 19.3. The first-order chi connectivity index (χ1) is 13.6. The molecule has 0 aliphatic rings. The van der Waals surface area contributed by atoms with E-state index in [0.29, 0.717) is 17.4 Å². The summed E-state index contributed by atoms with van der Waals surface area (Å²) in [6.07, 6.45) is 1.82. The van der Waals surface area contributed by atoms with Gasteiger partial charge in [0, 0.05) is 17.4 Å². The molecule has 0 aliphatic carbocycles. The van der Waals surface area contributed by atoms with Gasteiger partial charge in [0.2, 0.25) is 11.7 Å². The van der Waals surface area contributed by atoms with Crippen molar-refractivity contribution in [3.05, 3.63) is 78.0 Å². The van der Waals surface area contributed by atoms with Crippen molar-refractivity contribution in [1.29, 1.82) is 0 Å². The molecule has 1 amide bonds. The van der Waals surface area contributed by atoms with E-state index in [9.17, 15) is 4.79 Å². The Hall–Kier alpha value is -3.67. The Balaban J connectivity index is 1.52. The van der Waals surface area contributed by atoms with Crippen LogP contribution < -0.4 is 5.32 Å². The molecule has 140 valence electrons. The molecule has 4 rings (SSSR count). The van der Waals surface area contributed by atoms with Crippen LogP contribution in [0, 0.1) is 13.8 Å². The van der Waals surface area contributed by atoms with Crippen LogP contribution in [-0.4, -0.2) is 20.6 Å². The topological polar surface area (TPSA) is 73.0 Å². The molecular formula is C22H20N4O2. The third-order valence-corrected chi connectivity index (χ3v) is 4.48. The van der Waals surface area contributed by atoms with Gasteiger partial charge in [-0.15, -0.1) is 0 Å². The molecule has 0 spiro atoms. The number of anilines is 1. The van der Waals surface area contributed by atoms with E-state index < -0.39 is 0 Å². The van der Waals surface area contributed by atoms with Crippen LogP contribution in [0.25, 0.3) is 23.0 Å². The van der Waals surface area contributed by atoms with Gasteiger partial charge in [0.1, 0.15) is 12.2 Å². The second-order valence-corrected chi connectivity index (χ2v) is 6.68. The molecule has 0 saturated carbocycles. The van der Waals surface area contributed by atoms with Crippen LogP contribution in [0.5, 0.6) is 0 Å². The number of carbonyl (C=O) groups excluding carboxylic acids is 1. The molecule has 2 aromatic heterocycles. The van der Waals surface area contributed by atoms with Crippen molar-refractivity contribution < 1.29 is 9.32 Å². The third-order valence-electron chi connectivity index (χ3n) is 4.48. The van der Waals surface area contributed by atoms with Gasteiger partial charge in [-0.2, -0.15) is 4.98 Å². The molecule has 0 aliphatic heterocycles. The first-order valence-corrected chi connectivity index (χ1v) is 9.02. The summed E-state index contributed by atoms with van der Waals surface area (Å²) in [5.41, 5.74) is 4.58. The van der Waals surface area contributed by atoms with E-state index in [0.717, 1.165) is 22.4 Å². The van der Waals surface area contributed by atoms with Crippen LogP contribution in [0.4, 0.5) is 5.69 Å². The second-order valence-electron chi connectivity index (χ2n) is 6.68. The normalized spacial score (nSPS) is 10.8. The van der Waals surface area contributed by atoms with E-state index in [4.69, 9.17) is 4.52 Å². The molecule has 2 heterocycles. The lowest BCUT2D eigenvalue weighted by molar-refractivity contribution is -0.116. The second kappa shape index (κ2) is 7.52. The number of hydrogen-bond acceptors (Lipinski definition) is 4. The maximum atomic E-state index is 12.5. The van der Waals surface area contributed by atoms with Crippen LogP contribution in [0.1, 0.15) is 11.1 Å². The quantitative estimate of drug-likeness (QED) is 0.561. The molecular weight excluding hydrogens is 352 g/mol. The highest BCUT2D eigenvalue weighted by molar-refractivity contribution is 5.91. The Morgan fingerprint density at radius 2 is 1.89 bits per heavy atom. The van der Waals surface area contributed by atoms with Crippen LogP contribution in [0.15, 0.2) is 71.4 Å². The van der Waals surface area contributed by atoms with Crippen molar-refractivity contribution in [2.45, 2.75) is 20.4 Å². The summed E-state index contributed by atoms with van der Waals surface area (Å²) < 4.78 is 7.22. The molecule has 0 unspecified atom stereocenters. The number of carbonyl (C=O) groups is 1. The Morgan fingerprint density at radius 1 is 1.07 bits per heavy atom. The van der Waals surface area contributed by atoms with E-state index in [2.05, 4.69) is 15.5 Å². The molecule has 4 aromatic rings. The average Bonchev–Trinajstić information content (AvgIpc) is 3.34. The van der Waals surface area contributed by atoms with Gasteiger partial charge in [0.15, 0.2) is 0 Å². The molecule has 6 heteroatoms. The van der Waals surface area contributed by atoms with Crippen molar-refractivity contribution in [2.75, 3.05) is 5.32 Å². The standard InChI is InChI=1S/C22H20N4O2/c1-15-10-11-18(16(2)13-15)23-20(27)14-26-12-6-9-19(26)22-24-21(25-28-22)17-7-4-3-5-8-17/h3-13H,14H2,1-2H3,(H,23,27). The summed E-state index contributed by atoms with van der Waals surface area (Å²) in [5, 5.41) is 7.01. The molecule has 6 nitrogen and oxygen atoms in total. The fraction of sp³-hybridized carbons (Fsp3) is 0.136. The predicted molar refractivity (Wildman–Crippen MR) is 108 cm³/mol. The van der Waals surface area contributed by atoms with Gasteiger partial charge >= 0.3 is 0 Å². The minimum atomic E-state index is -0.118. The maximum absolute atomic E-state index is 12.5. The Kier molecular flexibility index (Phi) is 4.76. The average molecular weight is 372 g/mol. The molecule has 0 fully saturated rings. The lowest BCUT2D eigenvalue weighted by Crippen LogP contribution is -2.19. The predicted octanol–water partition coefficient (Wildman–Crippen LogP) is 4.46. The van der Waals surface area contributed by atoms with E-state index in [1.54, 1.807) is 4.57 Å². The first-order valence-electron chi connectivity index (χ1n) is 9.02. The number of nitrogens with one attached hydrogen (secondary N) is 1. The van der Waals surface area contributed by atoms with Crippen molar-refractivity contribution in [2.24, 2.45) is 0 Å². The van der Waals surface area contributed by atoms with Gasteiger partial charge < -0.3 is 14.4 Å². The lowest BCUT2D eigenvalue weighted by atomic mass is 10.1. The maximum Gasteiger partial charge on any atom is 0.274 e. The highest BCUT2D eigenvalue weighted by Crippen LogP contribution is 2.23. The van der Waals surface area contributed by atoms with Gasteiger partial charge in [-0.25, -0.2) is 0 Å². The minimum Gasteiger partial charge on any atom is -0.334 e. The van der Waals surface area contributed by atoms with Crippen molar-refractivity contribution in [3.8, 4) is 23.0 Å². The van der Waals surface area contributed by atoms with Crippen LogP contribution in [0.2, 0.25) is 0 Å². The zero-order valence-electron chi connectivity index (χ0n) is 15.7. The third kappa shape index (κ3) is 3.71. The smallest absolute Gasteiger partial charge is 0.274 e. The van der Waals surface area contributed by atoms with Crippen LogP contribution in [-0.2, 0) is 11.3 Å². The summed E-state index contributed by atoms with van der Waals surface area (Å²) in [6.45, 7) is 4.16. The van der Waals surface area contributed by atoms with Gasteiger partial charge in [-0.3, -0.25) is 4.79 Å². The number of hydrogen-bond donors (Lipinski definition) is 1. The molecule has 0 radical (unpaired) electrons. The molecule has 0 atom stereocenters. The first kappa shape index (κ1) is 17.7. The van der Waals surface area contributed by atoms with Crippen molar-refractivity contribution >= 4 is 11.6 Å². The summed E-state index contributed by atoms with van der Waals surface area (Å²) in [5.74, 6) is 0.776. The molecule has 0 bridgehead atoms. The molecule has 1 N–H and O–H groups in total. The SMILES string of the molecule is Cc1ccc(NC(=O)Cn2cccc2-c2nc(-c3ccccc3)no2)c(C)c1. The molecule has 2 aromatic carbocycles. The summed E-state index contributed by atoms with van der Waals surface area (Å²) in [4.78, 5) is 17.0. The van der Waals surface area contributed by atoms with Crippen molar-refractivity contribution in [1.82, 2.24) is 14.7 Å². The summed E-state index contributed by atoms with van der Waals surface area (Å²) in [7, 11) is 0. The monoisotopic (exact) mass is 372 g/mol. The van der Waals surface area contributed by atoms with Gasteiger partial charge in [-0.05, 0) is 37.6 Å². The van der Waals surface area contributed by atoms with E-state index in [1.807, 2.05) is 80.7 Å². The van der Waals surface area contributed by atoms with Gasteiger partial charge in [0.25, 0.3) is 5.89 Å². The Labute approximate surface area is 162 Å². The van der Waals surface area contributed by atoms with Crippen LogP contribution >= 0.6 is 0 Å².